The van der Waals surface area contributed by atoms with Crippen LogP contribution in [-0.2, 0) is 42.7 Å². The van der Waals surface area contributed by atoms with Crippen molar-refractivity contribution >= 4 is 53.0 Å². The normalized spacial score (nSPS) is 18.0. The average Bonchev–Trinajstić information content (AvgIpc) is 3.44. The van der Waals surface area contributed by atoms with Gasteiger partial charge in [-0.25, -0.2) is 4.79 Å². The van der Waals surface area contributed by atoms with Crippen LogP contribution >= 0.6 is 23.5 Å². The van der Waals surface area contributed by atoms with Crippen molar-refractivity contribution in [3.05, 3.63) is 89.5 Å². The number of aliphatic hydroxyl groups excluding tert-OH is 3. The Balaban J connectivity index is 1.21. The fourth-order valence-corrected chi connectivity index (χ4v) is 9.19. The highest BCUT2D eigenvalue weighted by Gasteiger charge is 2.55. The van der Waals surface area contributed by atoms with Crippen molar-refractivity contribution in [2.75, 3.05) is 122 Å². The lowest BCUT2D eigenvalue weighted by molar-refractivity contribution is -0.310. The number of aliphatic hydroxyl groups is 3. The minimum absolute atomic E-state index is 0.120. The van der Waals surface area contributed by atoms with Crippen LogP contribution in [0.5, 0.6) is 5.75 Å². The van der Waals surface area contributed by atoms with Gasteiger partial charge in [-0.1, -0.05) is 49.4 Å². The summed E-state index contributed by atoms with van der Waals surface area (Å²) >= 11 is 3.21. The maximum Gasteiger partial charge on any atom is 0.364 e. The largest absolute Gasteiger partial charge is 0.490 e. The number of hydrogen-bond donors (Lipinski definition) is 8. The third kappa shape index (κ3) is 23.6. The van der Waals surface area contributed by atoms with Gasteiger partial charge in [0.2, 0.25) is 5.91 Å². The predicted octanol–water partition coefficient (Wildman–Crippen LogP) is 2.95. The zero-order chi connectivity index (χ0) is 55.7. The van der Waals surface area contributed by atoms with Gasteiger partial charge >= 0.3 is 5.97 Å². The number of nitrogens with two attached hydrogens (primary N) is 1. The summed E-state index contributed by atoms with van der Waals surface area (Å²) in [6, 6.07) is 19.7. The number of hydrogen-bond acceptors (Lipinski definition) is 19. The van der Waals surface area contributed by atoms with Crippen molar-refractivity contribution < 1.29 is 82.3 Å². The van der Waals surface area contributed by atoms with E-state index in [1.54, 1.807) is 54.2 Å². The van der Waals surface area contributed by atoms with Gasteiger partial charge in [0.1, 0.15) is 24.6 Å². The van der Waals surface area contributed by atoms with Crippen molar-refractivity contribution in [2.45, 2.75) is 75.8 Å². The number of amides is 3. The Morgan fingerprint density at radius 3 is 1.92 bits per heavy atom. The van der Waals surface area contributed by atoms with Gasteiger partial charge in [0.15, 0.2) is 5.78 Å². The summed E-state index contributed by atoms with van der Waals surface area (Å²) in [6.45, 7) is 7.69. The molecule has 1 heterocycles. The van der Waals surface area contributed by atoms with E-state index in [4.69, 9.17) is 43.6 Å². The molecule has 0 aromatic heterocycles. The number of aliphatic carboxylic acids is 1. The van der Waals surface area contributed by atoms with Crippen molar-refractivity contribution in [3.63, 3.8) is 0 Å². The van der Waals surface area contributed by atoms with Gasteiger partial charge in [-0.3, -0.25) is 19.2 Å². The zero-order valence-electron chi connectivity index (χ0n) is 44.1. The molecule has 0 aliphatic carbocycles. The average molecular weight is 1120 g/mol. The molecule has 77 heavy (non-hydrogen) atoms. The van der Waals surface area contributed by atoms with E-state index in [-0.39, 0.29) is 49.2 Å². The van der Waals surface area contributed by atoms with Gasteiger partial charge in [0.25, 0.3) is 17.6 Å². The third-order valence-corrected chi connectivity index (χ3v) is 13.8. The lowest BCUT2D eigenvalue weighted by Gasteiger charge is -2.46. The van der Waals surface area contributed by atoms with Gasteiger partial charge in [0.05, 0.1) is 96.5 Å². The van der Waals surface area contributed by atoms with Crippen LogP contribution in [0, 0.1) is 0 Å². The molecule has 1 aliphatic heterocycles. The summed E-state index contributed by atoms with van der Waals surface area (Å²) in [4.78, 5) is 64.4. The second-order valence-corrected chi connectivity index (χ2v) is 20.2. The van der Waals surface area contributed by atoms with Crippen LogP contribution in [0.25, 0.3) is 11.1 Å². The molecular formula is C54H78N4O17S2. The minimum atomic E-state index is -2.46. The first-order valence-electron chi connectivity index (χ1n) is 25.9. The van der Waals surface area contributed by atoms with Crippen molar-refractivity contribution in [1.29, 1.82) is 0 Å². The van der Waals surface area contributed by atoms with Gasteiger partial charge < -0.3 is 80.0 Å². The number of ether oxygens (including phenoxy) is 8. The molecule has 9 N–H and O–H groups in total. The summed E-state index contributed by atoms with van der Waals surface area (Å²) < 4.78 is 45.0. The first-order valence-corrected chi connectivity index (χ1v) is 28.2. The summed E-state index contributed by atoms with van der Waals surface area (Å²) in [5.41, 5.74) is 8.19. The number of thioether (sulfide) groups is 2. The van der Waals surface area contributed by atoms with E-state index in [1.807, 2.05) is 37.3 Å². The highest BCUT2D eigenvalue weighted by atomic mass is 32.2. The third-order valence-electron chi connectivity index (χ3n) is 11.7. The van der Waals surface area contributed by atoms with Crippen molar-refractivity contribution in [1.82, 2.24) is 16.0 Å². The Kier molecular flexibility index (Phi) is 31.3. The number of carbonyl (C=O) groups excluding carboxylic acids is 4. The molecule has 3 amide bonds. The van der Waals surface area contributed by atoms with E-state index in [0.29, 0.717) is 108 Å². The molecule has 1 saturated heterocycles. The molecule has 0 unspecified atom stereocenters. The smallest absolute Gasteiger partial charge is 0.364 e. The summed E-state index contributed by atoms with van der Waals surface area (Å²) in [6.07, 6.45) is -6.49. The van der Waals surface area contributed by atoms with E-state index in [2.05, 4.69) is 16.0 Å². The molecule has 4 rings (SSSR count). The van der Waals surface area contributed by atoms with Crippen LogP contribution in [0.2, 0.25) is 0 Å². The number of rotatable bonds is 41. The van der Waals surface area contributed by atoms with Gasteiger partial charge in [-0.05, 0) is 71.6 Å². The first kappa shape index (κ1) is 64.8. The number of benzene rings is 3. The van der Waals surface area contributed by atoms with Crippen molar-refractivity contribution in [2.24, 2.45) is 5.73 Å². The molecule has 6 atom stereocenters. The molecule has 21 nitrogen and oxygen atoms in total. The molecule has 0 saturated carbocycles. The molecule has 1 fully saturated rings. The van der Waals surface area contributed by atoms with Crippen LogP contribution < -0.4 is 26.4 Å². The summed E-state index contributed by atoms with van der Waals surface area (Å²) in [5, 5.41) is 51.8. The molecule has 428 valence electrons. The van der Waals surface area contributed by atoms with Gasteiger partial charge in [-0.2, -0.15) is 23.5 Å². The van der Waals surface area contributed by atoms with Crippen molar-refractivity contribution in [3.8, 4) is 16.9 Å². The molecule has 1 aliphatic rings. The molecular weight excluding hydrogens is 1040 g/mol. The standard InChI is InChI=1S/C54H78N4O17S2/c1-3-76-34-19-56-52(65)42-16-17-43(47(35-42)73-31-30-72-29-28-71-27-26-70-25-24-69-23-22-68-21-18-55)44(60)11-7-32-77-33-8-20-74-54(53(66)67)36-45(61)48(58-38(2)59)50(75-54)49(63)46(62)37-57-51(64)41-14-12-40(13-15-41)39-9-5-4-6-10-39/h4-6,9-10,12-17,35,45-46,48-50,61-63H,3,7-8,11,18-34,36-37,55H2,1-2H3,(H,56,65)(H,57,64)(H,58,59)(H,66,67)/t45-,46+,48+,49+,50+,54+/m0/s1. The van der Waals surface area contributed by atoms with E-state index in [0.717, 1.165) is 22.6 Å². The number of nitrogens with one attached hydrogen (secondary N) is 3. The Morgan fingerprint density at radius 1 is 0.727 bits per heavy atom. The molecule has 23 heteroatoms. The van der Waals surface area contributed by atoms with Crippen LogP contribution in [0.3, 0.4) is 0 Å². The number of carboxylic acid groups (broad SMARTS) is 1. The Morgan fingerprint density at radius 2 is 1.31 bits per heavy atom. The molecule has 0 spiro atoms. The summed E-state index contributed by atoms with van der Waals surface area (Å²) in [5.74, 6) is -2.65. The predicted molar refractivity (Wildman–Crippen MR) is 292 cm³/mol. The Hall–Kier alpha value is -4.73. The maximum atomic E-state index is 13.5. The van der Waals surface area contributed by atoms with Crippen LogP contribution in [0.4, 0.5) is 0 Å². The number of carbonyl (C=O) groups is 5. The van der Waals surface area contributed by atoms with Crippen LogP contribution in [-0.4, -0.2) is 208 Å². The Bertz CT molecular complexity index is 2200. The number of Topliss-reactive ketones (excluding diaryl/α,β-unsaturated/α-hetero) is 1. The zero-order valence-corrected chi connectivity index (χ0v) is 45.7. The van der Waals surface area contributed by atoms with E-state index in [9.17, 15) is 44.4 Å². The number of ketones is 1. The van der Waals surface area contributed by atoms with E-state index >= 15 is 0 Å². The van der Waals surface area contributed by atoms with Gasteiger partial charge in [0, 0.05) is 56.3 Å². The fourth-order valence-electron chi connectivity index (χ4n) is 7.78. The Labute approximate surface area is 459 Å². The monoisotopic (exact) mass is 1120 g/mol. The molecule has 0 bridgehead atoms. The SMILES string of the molecule is CCSCCNC(=O)c1ccc(C(=O)CCCSCCCO[C@]2(C(=O)O)C[C@H](O)[C@@H](NC(C)=O)[C@H]([C@H](O)[C@H](O)CNC(=O)c3ccc(-c4ccccc4)cc3)O2)c(OCCOCCOCCOCCOCCOCCN)c1. The van der Waals surface area contributed by atoms with Gasteiger partial charge in [-0.15, -0.1) is 0 Å². The lowest BCUT2D eigenvalue weighted by Crippen LogP contribution is -2.68. The van der Waals surface area contributed by atoms with Crippen LogP contribution in [0.15, 0.2) is 72.8 Å². The second kappa shape index (κ2) is 37.2. The lowest BCUT2D eigenvalue weighted by atomic mass is 9.88. The van der Waals surface area contributed by atoms with E-state index in [1.165, 1.54) is 18.7 Å². The maximum absolute atomic E-state index is 13.5. The van der Waals surface area contributed by atoms with E-state index < -0.39 is 67.0 Å². The highest BCUT2D eigenvalue weighted by Crippen LogP contribution is 2.34. The molecule has 3 aromatic rings. The number of carboxylic acids is 1. The quantitative estimate of drug-likeness (QED) is 0.0299. The minimum Gasteiger partial charge on any atom is -0.490 e. The fraction of sp³-hybridized carbons (Fsp3) is 0.574. The molecule has 3 aromatic carbocycles. The second-order valence-electron chi connectivity index (χ2n) is 17.6. The molecule has 0 radical (unpaired) electrons. The topological polar surface area (TPSA) is 302 Å². The highest BCUT2D eigenvalue weighted by molar-refractivity contribution is 7.99. The first-order chi connectivity index (χ1) is 37.3. The summed E-state index contributed by atoms with van der Waals surface area (Å²) in [7, 11) is 0. The van der Waals surface area contributed by atoms with Crippen LogP contribution in [0.1, 0.15) is 70.6 Å².